The molecule has 0 aromatic carbocycles. The lowest BCUT2D eigenvalue weighted by atomic mass is 10.2. The van der Waals surface area contributed by atoms with E-state index in [9.17, 15) is 0 Å². The van der Waals surface area contributed by atoms with Gasteiger partial charge in [-0.3, -0.25) is 0 Å². The molecule has 4 N–H and O–H groups in total. The summed E-state index contributed by atoms with van der Waals surface area (Å²) in [5.41, 5.74) is 6.38. The Hall–Kier alpha value is -1.36. The Kier molecular flexibility index (Phi) is 4.30. The Morgan fingerprint density at radius 1 is 1.53 bits per heavy atom. The molecular formula is C10H18N4O. The summed E-state index contributed by atoms with van der Waals surface area (Å²) in [5, 5.41) is 11.9. The molecule has 5 nitrogen and oxygen atoms in total. The van der Waals surface area contributed by atoms with Gasteiger partial charge in [0.25, 0.3) is 0 Å². The first-order valence-corrected chi connectivity index (χ1v) is 5.10. The molecule has 0 radical (unpaired) electrons. The standard InChI is InChI=1S/C10H18N4O/c1-7(4-3-5-15)12-9-6-8(2)13-10(11)14-9/h6-7,15H,3-5H2,1-2H3,(H3,11,12,13,14). The molecule has 15 heavy (non-hydrogen) atoms. The van der Waals surface area contributed by atoms with E-state index in [2.05, 4.69) is 15.3 Å². The monoisotopic (exact) mass is 210 g/mol. The number of nitrogens with one attached hydrogen (secondary N) is 1. The molecule has 0 bridgehead atoms. The molecule has 1 aromatic heterocycles. The van der Waals surface area contributed by atoms with Gasteiger partial charge in [0.15, 0.2) is 0 Å². The van der Waals surface area contributed by atoms with Gasteiger partial charge >= 0.3 is 0 Å². The minimum absolute atomic E-state index is 0.219. The molecule has 0 fully saturated rings. The van der Waals surface area contributed by atoms with Crippen molar-refractivity contribution in [3.8, 4) is 0 Å². The van der Waals surface area contributed by atoms with Crippen LogP contribution in [0.1, 0.15) is 25.5 Å². The lowest BCUT2D eigenvalue weighted by Crippen LogP contribution is -2.17. The maximum atomic E-state index is 8.70. The molecule has 1 heterocycles. The van der Waals surface area contributed by atoms with Gasteiger partial charge in [0.05, 0.1) is 0 Å². The molecule has 0 aliphatic heterocycles. The zero-order chi connectivity index (χ0) is 11.3. The van der Waals surface area contributed by atoms with Gasteiger partial charge in [-0.25, -0.2) is 4.98 Å². The van der Waals surface area contributed by atoms with Crippen LogP contribution in [0.2, 0.25) is 0 Å². The maximum Gasteiger partial charge on any atom is 0.222 e. The molecule has 5 heteroatoms. The van der Waals surface area contributed by atoms with Crippen LogP contribution >= 0.6 is 0 Å². The fraction of sp³-hybridized carbons (Fsp3) is 0.600. The van der Waals surface area contributed by atoms with Crippen molar-refractivity contribution in [1.29, 1.82) is 0 Å². The van der Waals surface area contributed by atoms with E-state index < -0.39 is 0 Å². The smallest absolute Gasteiger partial charge is 0.222 e. The van der Waals surface area contributed by atoms with Crippen LogP contribution in [0.3, 0.4) is 0 Å². The highest BCUT2D eigenvalue weighted by Crippen LogP contribution is 2.10. The Morgan fingerprint density at radius 2 is 2.27 bits per heavy atom. The van der Waals surface area contributed by atoms with Crippen molar-refractivity contribution >= 4 is 11.8 Å². The Bertz CT molecular complexity index is 296. The van der Waals surface area contributed by atoms with E-state index >= 15 is 0 Å². The third-order valence-corrected chi connectivity index (χ3v) is 2.06. The summed E-state index contributed by atoms with van der Waals surface area (Å²) in [7, 11) is 0. The van der Waals surface area contributed by atoms with Crippen LogP contribution in [0.25, 0.3) is 0 Å². The number of aliphatic hydroxyl groups is 1. The van der Waals surface area contributed by atoms with Crippen LogP contribution in [0.5, 0.6) is 0 Å². The maximum absolute atomic E-state index is 8.70. The van der Waals surface area contributed by atoms with E-state index in [1.807, 2.05) is 19.9 Å². The first-order valence-electron chi connectivity index (χ1n) is 5.10. The minimum Gasteiger partial charge on any atom is -0.396 e. The summed E-state index contributed by atoms with van der Waals surface area (Å²) >= 11 is 0. The molecule has 1 atom stereocenters. The Labute approximate surface area is 89.7 Å². The second kappa shape index (κ2) is 5.50. The summed E-state index contributed by atoms with van der Waals surface area (Å²) in [5.74, 6) is 1.03. The fourth-order valence-corrected chi connectivity index (χ4v) is 1.39. The number of aryl methyl sites for hydroxylation is 1. The highest BCUT2D eigenvalue weighted by Gasteiger charge is 2.04. The zero-order valence-electron chi connectivity index (χ0n) is 9.20. The number of anilines is 2. The molecule has 1 rings (SSSR count). The summed E-state index contributed by atoms with van der Waals surface area (Å²) in [6.07, 6.45) is 1.69. The number of aliphatic hydroxyl groups excluding tert-OH is 1. The predicted octanol–water partition coefficient (Wildman–Crippen LogP) is 0.940. The topological polar surface area (TPSA) is 84.1 Å². The van der Waals surface area contributed by atoms with Crippen LogP contribution in [0, 0.1) is 6.92 Å². The van der Waals surface area contributed by atoms with Crippen molar-refractivity contribution in [1.82, 2.24) is 9.97 Å². The number of nitrogen functional groups attached to an aromatic ring is 1. The lowest BCUT2D eigenvalue weighted by molar-refractivity contribution is 0.282. The van der Waals surface area contributed by atoms with Gasteiger partial charge in [0.2, 0.25) is 5.95 Å². The largest absolute Gasteiger partial charge is 0.396 e. The van der Waals surface area contributed by atoms with E-state index in [-0.39, 0.29) is 18.6 Å². The van der Waals surface area contributed by atoms with Crippen LogP contribution in [-0.4, -0.2) is 27.7 Å². The molecule has 0 spiro atoms. The number of rotatable bonds is 5. The highest BCUT2D eigenvalue weighted by molar-refractivity contribution is 5.40. The average Bonchev–Trinajstić information content (AvgIpc) is 2.13. The van der Waals surface area contributed by atoms with Crippen LogP contribution in [-0.2, 0) is 0 Å². The van der Waals surface area contributed by atoms with Gasteiger partial charge in [-0.2, -0.15) is 4.98 Å². The highest BCUT2D eigenvalue weighted by atomic mass is 16.2. The molecular weight excluding hydrogens is 192 g/mol. The van der Waals surface area contributed by atoms with Crippen LogP contribution < -0.4 is 11.1 Å². The van der Waals surface area contributed by atoms with Gasteiger partial charge < -0.3 is 16.2 Å². The zero-order valence-corrected chi connectivity index (χ0v) is 9.20. The fourth-order valence-electron chi connectivity index (χ4n) is 1.39. The molecule has 84 valence electrons. The SMILES string of the molecule is Cc1cc(NC(C)CCCO)nc(N)n1. The average molecular weight is 210 g/mol. The van der Waals surface area contributed by atoms with Gasteiger partial charge in [0, 0.05) is 24.4 Å². The van der Waals surface area contributed by atoms with E-state index in [1.54, 1.807) is 0 Å². The summed E-state index contributed by atoms with van der Waals surface area (Å²) in [6, 6.07) is 2.12. The number of aromatic nitrogens is 2. The van der Waals surface area contributed by atoms with Crippen molar-refractivity contribution in [3.05, 3.63) is 11.8 Å². The quantitative estimate of drug-likeness (QED) is 0.673. The normalized spacial score (nSPS) is 12.5. The minimum atomic E-state index is 0.219. The van der Waals surface area contributed by atoms with E-state index in [1.165, 1.54) is 0 Å². The van der Waals surface area contributed by atoms with Crippen molar-refractivity contribution in [2.24, 2.45) is 0 Å². The van der Waals surface area contributed by atoms with Gasteiger partial charge in [-0.1, -0.05) is 0 Å². The Balaban J connectivity index is 2.56. The summed E-state index contributed by atoms with van der Waals surface area (Å²) in [6.45, 7) is 4.14. The second-order valence-corrected chi connectivity index (χ2v) is 3.66. The van der Waals surface area contributed by atoms with E-state index in [0.29, 0.717) is 0 Å². The molecule has 0 aliphatic rings. The number of nitrogens with two attached hydrogens (primary N) is 1. The Morgan fingerprint density at radius 3 is 2.87 bits per heavy atom. The van der Waals surface area contributed by atoms with Gasteiger partial charge in [-0.15, -0.1) is 0 Å². The predicted molar refractivity (Wildman–Crippen MR) is 60.6 cm³/mol. The first-order chi connectivity index (χ1) is 7.11. The van der Waals surface area contributed by atoms with Gasteiger partial charge in [-0.05, 0) is 26.7 Å². The van der Waals surface area contributed by atoms with Crippen molar-refractivity contribution in [2.45, 2.75) is 32.7 Å². The third kappa shape index (κ3) is 4.12. The van der Waals surface area contributed by atoms with Crippen LogP contribution in [0.4, 0.5) is 11.8 Å². The molecule has 0 aliphatic carbocycles. The second-order valence-electron chi connectivity index (χ2n) is 3.66. The molecule has 1 unspecified atom stereocenters. The number of hydrogen-bond donors (Lipinski definition) is 3. The van der Waals surface area contributed by atoms with Crippen molar-refractivity contribution in [2.75, 3.05) is 17.7 Å². The van der Waals surface area contributed by atoms with Crippen LogP contribution in [0.15, 0.2) is 6.07 Å². The first kappa shape index (κ1) is 11.7. The summed E-state index contributed by atoms with van der Waals surface area (Å²) < 4.78 is 0. The lowest BCUT2D eigenvalue weighted by Gasteiger charge is -2.14. The van der Waals surface area contributed by atoms with Crippen molar-refractivity contribution < 1.29 is 5.11 Å². The molecule has 0 saturated carbocycles. The molecule has 1 aromatic rings. The molecule has 0 amide bonds. The van der Waals surface area contributed by atoms with E-state index in [4.69, 9.17) is 10.8 Å². The summed E-state index contributed by atoms with van der Waals surface area (Å²) in [4.78, 5) is 8.07. The van der Waals surface area contributed by atoms with E-state index in [0.717, 1.165) is 24.4 Å². The number of hydrogen-bond acceptors (Lipinski definition) is 5. The van der Waals surface area contributed by atoms with Gasteiger partial charge in [0.1, 0.15) is 5.82 Å². The number of nitrogens with zero attached hydrogens (tertiary/aromatic N) is 2. The van der Waals surface area contributed by atoms with Crippen molar-refractivity contribution in [3.63, 3.8) is 0 Å². The third-order valence-electron chi connectivity index (χ3n) is 2.06. The molecule has 0 saturated heterocycles.